The van der Waals surface area contributed by atoms with Crippen LogP contribution in [0, 0.1) is 0 Å². The molecule has 0 unspecified atom stereocenters. The number of nitrogens with two attached hydrogens (primary N) is 1. The first-order valence-electron chi connectivity index (χ1n) is 4.83. The maximum atomic E-state index is 12.2. The number of hydrogen-bond donors (Lipinski definition) is 1. The molecule has 0 bridgehead atoms. The molecule has 0 aliphatic heterocycles. The Kier molecular flexibility index (Phi) is 3.53. The van der Waals surface area contributed by atoms with Gasteiger partial charge in [0, 0.05) is 29.5 Å². The molecule has 0 saturated carbocycles. The van der Waals surface area contributed by atoms with Crippen molar-refractivity contribution in [3.8, 4) is 0 Å². The van der Waals surface area contributed by atoms with Crippen LogP contribution in [0.2, 0.25) is 0 Å². The van der Waals surface area contributed by atoms with Crippen molar-refractivity contribution < 1.29 is 8.42 Å². The smallest absolute Gasteiger partial charge is 0.252 e. The van der Waals surface area contributed by atoms with Crippen LogP contribution in [-0.4, -0.2) is 19.8 Å². The number of hydrogen-bond acceptors (Lipinski definition) is 5. The van der Waals surface area contributed by atoms with E-state index in [2.05, 4.69) is 0 Å². The SMILES string of the molecule is CN(Cc1cccs1)S(=O)(=O)c1cc(N)cs1. The van der Waals surface area contributed by atoms with Crippen LogP contribution in [-0.2, 0) is 16.6 Å². The molecule has 0 aliphatic carbocycles. The van der Waals surface area contributed by atoms with Gasteiger partial charge in [0.15, 0.2) is 0 Å². The highest BCUT2D eigenvalue weighted by molar-refractivity contribution is 7.91. The molecular formula is C10H12N2O2S3. The lowest BCUT2D eigenvalue weighted by Crippen LogP contribution is -2.25. The summed E-state index contributed by atoms with van der Waals surface area (Å²) in [5.41, 5.74) is 6.03. The van der Waals surface area contributed by atoms with Gasteiger partial charge in [-0.1, -0.05) is 6.07 Å². The molecule has 0 atom stereocenters. The Balaban J connectivity index is 2.21. The van der Waals surface area contributed by atoms with E-state index < -0.39 is 10.0 Å². The van der Waals surface area contributed by atoms with Gasteiger partial charge in [0.2, 0.25) is 0 Å². The van der Waals surface area contributed by atoms with Crippen LogP contribution in [0.15, 0.2) is 33.2 Å². The second-order valence-corrected chi connectivity index (χ2v) is 7.75. The van der Waals surface area contributed by atoms with Crippen molar-refractivity contribution in [1.29, 1.82) is 0 Å². The van der Waals surface area contributed by atoms with E-state index >= 15 is 0 Å². The third-order valence-corrected chi connectivity index (χ3v) is 6.32. The Morgan fingerprint density at radius 2 is 2.18 bits per heavy atom. The van der Waals surface area contributed by atoms with Crippen molar-refractivity contribution in [2.45, 2.75) is 10.8 Å². The minimum atomic E-state index is -3.42. The largest absolute Gasteiger partial charge is 0.398 e. The van der Waals surface area contributed by atoms with Crippen LogP contribution in [0.3, 0.4) is 0 Å². The number of anilines is 1. The molecule has 0 aromatic carbocycles. The summed E-state index contributed by atoms with van der Waals surface area (Å²) in [5.74, 6) is 0. The van der Waals surface area contributed by atoms with Gasteiger partial charge in [0.25, 0.3) is 10.0 Å². The standard InChI is InChI=1S/C10H12N2O2S3/c1-12(6-9-3-2-4-15-9)17(13,14)10-5-8(11)7-16-10/h2-5,7H,6,11H2,1H3. The normalized spacial score (nSPS) is 12.1. The summed E-state index contributed by atoms with van der Waals surface area (Å²) in [4.78, 5) is 1.01. The molecule has 7 heteroatoms. The maximum Gasteiger partial charge on any atom is 0.252 e. The molecule has 2 aromatic heterocycles. The minimum absolute atomic E-state index is 0.286. The molecule has 0 saturated heterocycles. The summed E-state index contributed by atoms with van der Waals surface area (Å²) in [6, 6.07) is 5.31. The van der Waals surface area contributed by atoms with Crippen molar-refractivity contribution in [1.82, 2.24) is 4.31 Å². The Hall–Kier alpha value is -0.890. The van der Waals surface area contributed by atoms with Crippen molar-refractivity contribution in [2.24, 2.45) is 0 Å². The number of nitrogens with zero attached hydrogens (tertiary/aromatic N) is 1. The number of thiophene rings is 2. The highest BCUT2D eigenvalue weighted by Crippen LogP contribution is 2.25. The van der Waals surface area contributed by atoms with Gasteiger partial charge in [-0.3, -0.25) is 0 Å². The zero-order valence-electron chi connectivity index (χ0n) is 9.16. The average Bonchev–Trinajstić information content (AvgIpc) is 2.89. The molecule has 2 aromatic rings. The summed E-state index contributed by atoms with van der Waals surface area (Å²) in [6.07, 6.45) is 0. The molecule has 2 rings (SSSR count). The molecule has 4 nitrogen and oxygen atoms in total. The van der Waals surface area contributed by atoms with Crippen molar-refractivity contribution in [3.63, 3.8) is 0 Å². The Labute approximate surface area is 108 Å². The van der Waals surface area contributed by atoms with Crippen LogP contribution in [0.25, 0.3) is 0 Å². The van der Waals surface area contributed by atoms with Crippen molar-refractivity contribution in [3.05, 3.63) is 33.8 Å². The summed E-state index contributed by atoms with van der Waals surface area (Å²) < 4.78 is 25.9. The third kappa shape index (κ3) is 2.68. The predicted octanol–water partition coefficient (Wildman–Crippen LogP) is 2.21. The first-order valence-corrected chi connectivity index (χ1v) is 8.03. The van der Waals surface area contributed by atoms with Gasteiger partial charge in [-0.15, -0.1) is 22.7 Å². The highest BCUT2D eigenvalue weighted by atomic mass is 32.2. The van der Waals surface area contributed by atoms with E-state index in [1.807, 2.05) is 17.5 Å². The van der Waals surface area contributed by atoms with Crippen LogP contribution in [0.5, 0.6) is 0 Å². The fourth-order valence-corrected chi connectivity index (χ4v) is 4.60. The zero-order valence-corrected chi connectivity index (χ0v) is 11.6. The Morgan fingerprint density at radius 3 is 2.71 bits per heavy atom. The molecule has 92 valence electrons. The quantitative estimate of drug-likeness (QED) is 0.938. The average molecular weight is 288 g/mol. The summed E-state index contributed by atoms with van der Waals surface area (Å²) in [5, 5.41) is 3.56. The lowest BCUT2D eigenvalue weighted by molar-refractivity contribution is 0.471. The second-order valence-electron chi connectivity index (χ2n) is 3.54. The van der Waals surface area contributed by atoms with Crippen LogP contribution in [0.4, 0.5) is 5.69 Å². The van der Waals surface area contributed by atoms with Gasteiger partial charge in [-0.05, 0) is 17.5 Å². The van der Waals surface area contributed by atoms with E-state index in [-0.39, 0.29) is 4.21 Å². The van der Waals surface area contributed by atoms with Gasteiger partial charge in [0.05, 0.1) is 0 Å². The first-order chi connectivity index (χ1) is 8.00. The lowest BCUT2D eigenvalue weighted by atomic mass is 10.5. The molecule has 2 heterocycles. The van der Waals surface area contributed by atoms with Gasteiger partial charge in [0.1, 0.15) is 4.21 Å². The molecule has 0 radical (unpaired) electrons. The summed E-state index contributed by atoms with van der Waals surface area (Å²) in [7, 11) is -1.84. The maximum absolute atomic E-state index is 12.2. The molecule has 17 heavy (non-hydrogen) atoms. The van der Waals surface area contributed by atoms with E-state index in [9.17, 15) is 8.42 Å². The second kappa shape index (κ2) is 4.77. The first kappa shape index (κ1) is 12.6. The molecule has 0 fully saturated rings. The van der Waals surface area contributed by atoms with Crippen LogP contribution < -0.4 is 5.73 Å². The van der Waals surface area contributed by atoms with E-state index in [4.69, 9.17) is 5.73 Å². The van der Waals surface area contributed by atoms with E-state index in [1.165, 1.54) is 10.4 Å². The molecule has 2 N–H and O–H groups in total. The van der Waals surface area contributed by atoms with Crippen LogP contribution in [0.1, 0.15) is 4.88 Å². The number of nitrogen functional groups attached to an aromatic ring is 1. The van der Waals surface area contributed by atoms with Crippen molar-refractivity contribution >= 4 is 38.4 Å². The number of rotatable bonds is 4. The monoisotopic (exact) mass is 288 g/mol. The number of sulfonamides is 1. The van der Waals surface area contributed by atoms with E-state index in [0.717, 1.165) is 16.2 Å². The molecule has 0 aliphatic rings. The fourth-order valence-electron chi connectivity index (χ4n) is 1.33. The lowest BCUT2D eigenvalue weighted by Gasteiger charge is -2.14. The van der Waals surface area contributed by atoms with E-state index in [1.54, 1.807) is 23.8 Å². The predicted molar refractivity (Wildman–Crippen MR) is 71.7 cm³/mol. The zero-order chi connectivity index (χ0) is 12.5. The molecule has 0 amide bonds. The summed E-state index contributed by atoms with van der Waals surface area (Å²) in [6.45, 7) is 0.387. The molecular weight excluding hydrogens is 276 g/mol. The van der Waals surface area contributed by atoms with Crippen molar-refractivity contribution in [2.75, 3.05) is 12.8 Å². The molecule has 0 spiro atoms. The van der Waals surface area contributed by atoms with Gasteiger partial charge >= 0.3 is 0 Å². The summed E-state index contributed by atoms with van der Waals surface area (Å²) >= 11 is 2.69. The Bertz CT molecular complexity index is 587. The van der Waals surface area contributed by atoms with Gasteiger partial charge in [-0.25, -0.2) is 8.42 Å². The highest BCUT2D eigenvalue weighted by Gasteiger charge is 2.22. The van der Waals surface area contributed by atoms with Gasteiger partial charge < -0.3 is 5.73 Å². The third-order valence-electron chi connectivity index (χ3n) is 2.22. The van der Waals surface area contributed by atoms with E-state index in [0.29, 0.717) is 12.2 Å². The topological polar surface area (TPSA) is 63.4 Å². The fraction of sp³-hybridized carbons (Fsp3) is 0.200. The Morgan fingerprint density at radius 1 is 1.41 bits per heavy atom. The van der Waals surface area contributed by atoms with Gasteiger partial charge in [-0.2, -0.15) is 4.31 Å². The minimum Gasteiger partial charge on any atom is -0.398 e. The van der Waals surface area contributed by atoms with Crippen LogP contribution >= 0.6 is 22.7 Å².